The van der Waals surface area contributed by atoms with E-state index in [1.54, 1.807) is 0 Å². The Kier molecular flexibility index (Phi) is 2.80. The van der Waals surface area contributed by atoms with Gasteiger partial charge in [-0.15, -0.1) is 0 Å². The highest BCUT2D eigenvalue weighted by Crippen LogP contribution is 2.37. The highest BCUT2D eigenvalue weighted by atomic mass is 16.5. The van der Waals surface area contributed by atoms with Gasteiger partial charge in [-0.2, -0.15) is 0 Å². The van der Waals surface area contributed by atoms with Gasteiger partial charge >= 0.3 is 5.97 Å². The van der Waals surface area contributed by atoms with Gasteiger partial charge in [-0.25, -0.2) is 4.79 Å². The fourth-order valence-corrected chi connectivity index (χ4v) is 2.38. The average Bonchev–Trinajstić information content (AvgIpc) is 2.54. The predicted octanol–water partition coefficient (Wildman–Crippen LogP) is 0.882. The molecule has 0 amide bonds. The summed E-state index contributed by atoms with van der Waals surface area (Å²) < 4.78 is 5.78. The second-order valence-corrected chi connectivity index (χ2v) is 4.59. The summed E-state index contributed by atoms with van der Waals surface area (Å²) in [5.74, 6) is -0.862. The van der Waals surface area contributed by atoms with Crippen molar-refractivity contribution in [2.75, 3.05) is 26.7 Å². The number of carboxylic acids is 1. The fourth-order valence-electron chi connectivity index (χ4n) is 2.38. The summed E-state index contributed by atoms with van der Waals surface area (Å²) in [5.41, 5.74) is 0.861. The molecule has 2 saturated heterocycles. The lowest BCUT2D eigenvalue weighted by Crippen LogP contribution is -2.42. The quantitative estimate of drug-likeness (QED) is 0.654. The van der Waals surface area contributed by atoms with Gasteiger partial charge in [0, 0.05) is 25.6 Å². The van der Waals surface area contributed by atoms with Gasteiger partial charge < -0.3 is 14.7 Å². The third-order valence-corrected chi connectivity index (χ3v) is 3.34. The number of aliphatic carboxylic acids is 1. The first-order valence-corrected chi connectivity index (χ1v) is 5.35. The Bertz CT molecular complexity index is 290. The van der Waals surface area contributed by atoms with Crippen LogP contribution in [-0.2, 0) is 9.53 Å². The largest absolute Gasteiger partial charge is 0.478 e. The lowest BCUT2D eigenvalue weighted by atomic mass is 9.87. The third kappa shape index (κ3) is 2.38. The Morgan fingerprint density at radius 1 is 1.53 bits per heavy atom. The van der Waals surface area contributed by atoms with E-state index < -0.39 is 5.97 Å². The zero-order chi connectivity index (χ0) is 10.9. The minimum atomic E-state index is -0.862. The summed E-state index contributed by atoms with van der Waals surface area (Å²) in [6, 6.07) is 0. The van der Waals surface area contributed by atoms with Crippen LogP contribution in [-0.4, -0.2) is 48.3 Å². The molecule has 0 unspecified atom stereocenters. The van der Waals surface area contributed by atoms with Crippen molar-refractivity contribution in [3.05, 3.63) is 11.6 Å². The van der Waals surface area contributed by atoms with Crippen LogP contribution in [0.15, 0.2) is 11.6 Å². The zero-order valence-corrected chi connectivity index (χ0v) is 9.03. The molecule has 84 valence electrons. The van der Waals surface area contributed by atoms with Crippen LogP contribution in [0.5, 0.6) is 0 Å². The molecule has 0 saturated carbocycles. The van der Waals surface area contributed by atoms with E-state index in [0.717, 1.165) is 37.9 Å². The first-order valence-electron chi connectivity index (χ1n) is 5.35. The minimum Gasteiger partial charge on any atom is -0.478 e. The van der Waals surface area contributed by atoms with Gasteiger partial charge in [0.15, 0.2) is 0 Å². The van der Waals surface area contributed by atoms with Crippen molar-refractivity contribution in [1.29, 1.82) is 0 Å². The van der Waals surface area contributed by atoms with Crippen molar-refractivity contribution in [3.63, 3.8) is 0 Å². The van der Waals surface area contributed by atoms with E-state index in [9.17, 15) is 4.79 Å². The molecular weight excluding hydrogens is 194 g/mol. The van der Waals surface area contributed by atoms with Gasteiger partial charge in [0.25, 0.3) is 0 Å². The van der Waals surface area contributed by atoms with E-state index in [1.807, 2.05) is 0 Å². The summed E-state index contributed by atoms with van der Waals surface area (Å²) >= 11 is 0. The molecule has 0 aromatic rings. The summed E-state index contributed by atoms with van der Waals surface area (Å²) in [7, 11) is 2.11. The predicted molar refractivity (Wildman–Crippen MR) is 55.7 cm³/mol. The van der Waals surface area contributed by atoms with E-state index in [1.165, 1.54) is 6.08 Å². The van der Waals surface area contributed by atoms with Gasteiger partial charge in [0.1, 0.15) is 0 Å². The van der Waals surface area contributed by atoms with Crippen LogP contribution in [0.1, 0.15) is 19.3 Å². The second-order valence-electron chi connectivity index (χ2n) is 4.59. The van der Waals surface area contributed by atoms with Crippen LogP contribution < -0.4 is 0 Å². The van der Waals surface area contributed by atoms with E-state index in [0.29, 0.717) is 6.61 Å². The lowest BCUT2D eigenvalue weighted by molar-refractivity contribution is -0.131. The first kappa shape index (κ1) is 10.6. The number of carbonyl (C=O) groups is 1. The zero-order valence-electron chi connectivity index (χ0n) is 9.03. The molecule has 2 aliphatic heterocycles. The molecule has 0 radical (unpaired) electrons. The van der Waals surface area contributed by atoms with Crippen molar-refractivity contribution in [2.45, 2.75) is 24.9 Å². The fraction of sp³-hybridized carbons (Fsp3) is 0.727. The minimum absolute atomic E-state index is 0.0617. The number of piperidine rings is 1. The van der Waals surface area contributed by atoms with Gasteiger partial charge in [0.2, 0.25) is 0 Å². The molecule has 2 rings (SSSR count). The number of ether oxygens (including phenoxy) is 1. The molecule has 2 heterocycles. The second kappa shape index (κ2) is 3.94. The maximum Gasteiger partial charge on any atom is 0.328 e. The normalized spacial score (nSPS) is 28.7. The highest BCUT2D eigenvalue weighted by molar-refractivity contribution is 5.80. The van der Waals surface area contributed by atoms with E-state index >= 15 is 0 Å². The molecule has 0 aliphatic carbocycles. The van der Waals surface area contributed by atoms with Crippen molar-refractivity contribution in [2.24, 2.45) is 0 Å². The summed E-state index contributed by atoms with van der Waals surface area (Å²) in [6.45, 7) is 2.58. The van der Waals surface area contributed by atoms with E-state index in [2.05, 4.69) is 11.9 Å². The SMILES string of the molecule is CN1CCC2(CC1)CC(=CC(=O)O)CO2. The topological polar surface area (TPSA) is 49.8 Å². The molecular formula is C11H17NO3. The third-order valence-electron chi connectivity index (χ3n) is 3.34. The van der Waals surface area contributed by atoms with Crippen LogP contribution in [0.4, 0.5) is 0 Å². The van der Waals surface area contributed by atoms with Crippen LogP contribution >= 0.6 is 0 Å². The number of rotatable bonds is 1. The molecule has 0 bridgehead atoms. The molecule has 1 spiro atoms. The molecule has 0 aromatic heterocycles. The number of nitrogens with zero attached hydrogens (tertiary/aromatic N) is 1. The Morgan fingerprint density at radius 2 is 2.20 bits per heavy atom. The Labute approximate surface area is 89.5 Å². The molecule has 4 heteroatoms. The Balaban J connectivity index is 1.99. The number of carboxylic acid groups (broad SMARTS) is 1. The monoisotopic (exact) mass is 211 g/mol. The van der Waals surface area contributed by atoms with Crippen molar-refractivity contribution in [3.8, 4) is 0 Å². The van der Waals surface area contributed by atoms with E-state index in [-0.39, 0.29) is 5.60 Å². The average molecular weight is 211 g/mol. The van der Waals surface area contributed by atoms with Gasteiger partial charge in [-0.05, 0) is 25.5 Å². The molecule has 2 aliphatic rings. The maximum atomic E-state index is 10.5. The number of hydrogen-bond donors (Lipinski definition) is 1. The van der Waals surface area contributed by atoms with Gasteiger partial charge in [-0.1, -0.05) is 0 Å². The maximum absolute atomic E-state index is 10.5. The smallest absolute Gasteiger partial charge is 0.328 e. The van der Waals surface area contributed by atoms with Gasteiger partial charge in [-0.3, -0.25) is 0 Å². The van der Waals surface area contributed by atoms with Crippen LogP contribution in [0, 0.1) is 0 Å². The van der Waals surface area contributed by atoms with Crippen LogP contribution in [0.2, 0.25) is 0 Å². The van der Waals surface area contributed by atoms with Crippen molar-refractivity contribution in [1.82, 2.24) is 4.90 Å². The standard InChI is InChI=1S/C11H17NO3/c1-12-4-2-11(3-5-12)7-9(8-15-11)6-10(13)14/h6H,2-5,7-8H2,1H3,(H,13,14). The molecule has 1 N–H and O–H groups in total. The molecule has 4 nitrogen and oxygen atoms in total. The molecule has 15 heavy (non-hydrogen) atoms. The highest BCUT2D eigenvalue weighted by Gasteiger charge is 2.39. The van der Waals surface area contributed by atoms with Gasteiger partial charge in [0.05, 0.1) is 12.2 Å². The molecule has 0 atom stereocenters. The Hall–Kier alpha value is -0.870. The Morgan fingerprint density at radius 3 is 2.80 bits per heavy atom. The first-order chi connectivity index (χ1) is 7.10. The summed E-state index contributed by atoms with van der Waals surface area (Å²) in [4.78, 5) is 12.8. The van der Waals surface area contributed by atoms with Crippen LogP contribution in [0.3, 0.4) is 0 Å². The molecule has 0 aromatic carbocycles. The van der Waals surface area contributed by atoms with Crippen molar-refractivity contribution >= 4 is 5.97 Å². The summed E-state index contributed by atoms with van der Waals surface area (Å²) in [5, 5.41) is 8.66. The molecule has 2 fully saturated rings. The number of hydrogen-bond acceptors (Lipinski definition) is 3. The summed E-state index contributed by atoms with van der Waals surface area (Å²) in [6.07, 6.45) is 4.13. The van der Waals surface area contributed by atoms with Crippen molar-refractivity contribution < 1.29 is 14.6 Å². The number of likely N-dealkylation sites (tertiary alicyclic amines) is 1. The lowest BCUT2D eigenvalue weighted by Gasteiger charge is -2.36. The van der Waals surface area contributed by atoms with E-state index in [4.69, 9.17) is 9.84 Å². The van der Waals surface area contributed by atoms with Crippen LogP contribution in [0.25, 0.3) is 0 Å².